The lowest BCUT2D eigenvalue weighted by Crippen LogP contribution is -3.13. The van der Waals surface area contributed by atoms with Crippen LogP contribution in [0.15, 0.2) is 24.3 Å². The summed E-state index contributed by atoms with van der Waals surface area (Å²) >= 11 is 0. The van der Waals surface area contributed by atoms with Gasteiger partial charge in [0, 0.05) is 12.2 Å². The van der Waals surface area contributed by atoms with Crippen molar-refractivity contribution in [3.63, 3.8) is 0 Å². The van der Waals surface area contributed by atoms with E-state index in [9.17, 15) is 4.39 Å². The van der Waals surface area contributed by atoms with Crippen LogP contribution in [0, 0.1) is 11.7 Å². The van der Waals surface area contributed by atoms with Crippen molar-refractivity contribution < 1.29 is 9.29 Å². The molecule has 3 rings (SSSR count). The number of hydrogen-bond acceptors (Lipinski definition) is 4. The second kappa shape index (κ2) is 7.70. The molecular weight excluding hydrogens is 307 g/mol. The van der Waals surface area contributed by atoms with E-state index in [-0.39, 0.29) is 5.82 Å². The lowest BCUT2D eigenvalue weighted by Gasteiger charge is -2.33. The Labute approximate surface area is 142 Å². The van der Waals surface area contributed by atoms with Gasteiger partial charge in [0.25, 0.3) is 0 Å². The maximum absolute atomic E-state index is 13.0. The zero-order chi connectivity index (χ0) is 16.9. The molecule has 6 nitrogen and oxygen atoms in total. The molecule has 130 valence electrons. The van der Waals surface area contributed by atoms with Gasteiger partial charge in [-0.3, -0.25) is 0 Å². The van der Waals surface area contributed by atoms with Gasteiger partial charge < -0.3 is 9.80 Å². The van der Waals surface area contributed by atoms with Gasteiger partial charge in [-0.15, -0.1) is 5.10 Å². The first-order valence-corrected chi connectivity index (χ1v) is 8.71. The summed E-state index contributed by atoms with van der Waals surface area (Å²) in [5.41, 5.74) is 1.09. The molecule has 0 radical (unpaired) electrons. The van der Waals surface area contributed by atoms with Crippen LogP contribution in [-0.2, 0) is 13.1 Å². The maximum atomic E-state index is 13.0. The van der Waals surface area contributed by atoms with Crippen molar-refractivity contribution in [2.45, 2.75) is 33.4 Å². The summed E-state index contributed by atoms with van der Waals surface area (Å²) in [4.78, 5) is 3.80. The monoisotopic (exact) mass is 333 g/mol. The zero-order valence-corrected chi connectivity index (χ0v) is 14.5. The minimum atomic E-state index is -0.184. The van der Waals surface area contributed by atoms with Gasteiger partial charge in [-0.05, 0) is 47.0 Å². The minimum Gasteiger partial charge on any atom is -0.360 e. The zero-order valence-electron chi connectivity index (χ0n) is 14.5. The van der Waals surface area contributed by atoms with Crippen LogP contribution in [0.2, 0.25) is 0 Å². The molecule has 0 atom stereocenters. The van der Waals surface area contributed by atoms with Gasteiger partial charge in [-0.1, -0.05) is 13.8 Å². The Morgan fingerprint density at radius 2 is 1.88 bits per heavy atom. The van der Waals surface area contributed by atoms with Crippen molar-refractivity contribution >= 4 is 5.69 Å². The topological polar surface area (TPSA) is 51.3 Å². The summed E-state index contributed by atoms with van der Waals surface area (Å²) in [6.07, 6.45) is 1.09. The maximum Gasteiger partial charge on any atom is 0.206 e. The second-order valence-corrected chi connectivity index (χ2v) is 6.89. The van der Waals surface area contributed by atoms with E-state index in [0.29, 0.717) is 5.92 Å². The summed E-state index contributed by atoms with van der Waals surface area (Å²) in [5, 5.41) is 12.2. The SMILES string of the molecule is CC(C)CCn1nnnc1C[NH+]1CCN(c2ccc(F)cc2)CC1. The lowest BCUT2D eigenvalue weighted by molar-refractivity contribution is -0.915. The molecule has 0 aliphatic carbocycles. The Morgan fingerprint density at radius 3 is 2.54 bits per heavy atom. The second-order valence-electron chi connectivity index (χ2n) is 6.89. The van der Waals surface area contributed by atoms with Crippen LogP contribution in [0.4, 0.5) is 10.1 Å². The lowest BCUT2D eigenvalue weighted by atomic mass is 10.1. The van der Waals surface area contributed by atoms with Crippen molar-refractivity contribution in [3.8, 4) is 0 Å². The number of piperazine rings is 1. The molecule has 2 heterocycles. The summed E-state index contributed by atoms with van der Waals surface area (Å²) in [6, 6.07) is 6.76. The fourth-order valence-corrected chi connectivity index (χ4v) is 3.04. The summed E-state index contributed by atoms with van der Waals surface area (Å²) in [6.45, 7) is 10.2. The van der Waals surface area contributed by atoms with Crippen molar-refractivity contribution in [3.05, 3.63) is 35.9 Å². The molecule has 1 fully saturated rings. The molecule has 7 heteroatoms. The van der Waals surface area contributed by atoms with Gasteiger partial charge in [0.1, 0.15) is 12.4 Å². The largest absolute Gasteiger partial charge is 0.360 e. The number of rotatable bonds is 6. The van der Waals surface area contributed by atoms with E-state index in [1.807, 2.05) is 16.8 Å². The van der Waals surface area contributed by atoms with Crippen molar-refractivity contribution in [1.82, 2.24) is 20.2 Å². The number of nitrogens with one attached hydrogen (secondary N) is 1. The molecule has 2 aromatic rings. The first kappa shape index (κ1) is 16.8. The van der Waals surface area contributed by atoms with Crippen LogP contribution in [-0.4, -0.2) is 46.4 Å². The summed E-state index contributed by atoms with van der Waals surface area (Å²) in [5.74, 6) is 1.44. The molecule has 1 aliphatic heterocycles. The first-order valence-electron chi connectivity index (χ1n) is 8.71. The fourth-order valence-electron chi connectivity index (χ4n) is 3.04. The number of hydrogen-bond donors (Lipinski definition) is 1. The van der Waals surface area contributed by atoms with Crippen LogP contribution < -0.4 is 9.80 Å². The molecule has 0 amide bonds. The normalized spacial score (nSPS) is 16.1. The van der Waals surface area contributed by atoms with E-state index in [1.54, 1.807) is 0 Å². The molecule has 0 unspecified atom stereocenters. The fraction of sp³-hybridized carbons (Fsp3) is 0.588. The molecule has 1 saturated heterocycles. The number of halogens is 1. The molecular formula is C17H26FN6+. The molecule has 24 heavy (non-hydrogen) atoms. The standard InChI is InChI=1S/C17H25FN6/c1-14(2)7-8-24-17(19-20-21-24)13-22-9-11-23(12-10-22)16-5-3-15(18)4-6-16/h3-6,14H,7-13H2,1-2H3/p+1. The average Bonchev–Trinajstić information content (AvgIpc) is 3.01. The number of aryl methyl sites for hydroxylation is 1. The molecule has 1 aliphatic rings. The molecule has 1 aromatic carbocycles. The van der Waals surface area contributed by atoms with Gasteiger partial charge in [-0.2, -0.15) is 0 Å². The van der Waals surface area contributed by atoms with E-state index in [0.717, 1.165) is 57.2 Å². The van der Waals surface area contributed by atoms with E-state index >= 15 is 0 Å². The van der Waals surface area contributed by atoms with Crippen LogP contribution in [0.25, 0.3) is 0 Å². The van der Waals surface area contributed by atoms with Crippen LogP contribution in [0.3, 0.4) is 0 Å². The number of tetrazole rings is 1. The van der Waals surface area contributed by atoms with Gasteiger partial charge in [0.15, 0.2) is 0 Å². The summed E-state index contributed by atoms with van der Waals surface area (Å²) < 4.78 is 15.0. The molecule has 1 N–H and O–H groups in total. The Bertz CT molecular complexity index is 631. The summed E-state index contributed by atoms with van der Waals surface area (Å²) in [7, 11) is 0. The predicted molar refractivity (Wildman–Crippen MR) is 90.3 cm³/mol. The highest BCUT2D eigenvalue weighted by Gasteiger charge is 2.22. The smallest absolute Gasteiger partial charge is 0.206 e. The van der Waals surface area contributed by atoms with E-state index in [1.165, 1.54) is 17.0 Å². The number of quaternary nitrogens is 1. The first-order chi connectivity index (χ1) is 11.6. The quantitative estimate of drug-likeness (QED) is 0.848. The predicted octanol–water partition coefficient (Wildman–Crippen LogP) is 0.763. The van der Waals surface area contributed by atoms with Gasteiger partial charge in [0.05, 0.1) is 26.2 Å². The average molecular weight is 333 g/mol. The van der Waals surface area contributed by atoms with E-state index < -0.39 is 0 Å². The van der Waals surface area contributed by atoms with Gasteiger partial charge >= 0.3 is 0 Å². The third-order valence-corrected chi connectivity index (χ3v) is 4.59. The highest BCUT2D eigenvalue weighted by molar-refractivity contribution is 5.46. The Balaban J connectivity index is 1.52. The van der Waals surface area contributed by atoms with Crippen LogP contribution >= 0.6 is 0 Å². The highest BCUT2D eigenvalue weighted by Crippen LogP contribution is 2.14. The van der Waals surface area contributed by atoms with Crippen LogP contribution in [0.1, 0.15) is 26.1 Å². The van der Waals surface area contributed by atoms with Crippen LogP contribution in [0.5, 0.6) is 0 Å². The van der Waals surface area contributed by atoms with E-state index in [4.69, 9.17) is 0 Å². The van der Waals surface area contributed by atoms with Crippen molar-refractivity contribution in [1.29, 1.82) is 0 Å². The highest BCUT2D eigenvalue weighted by atomic mass is 19.1. The molecule has 0 saturated carbocycles. The number of anilines is 1. The van der Waals surface area contributed by atoms with Crippen molar-refractivity contribution in [2.75, 3.05) is 31.1 Å². The Hall–Kier alpha value is -2.02. The third kappa shape index (κ3) is 4.29. The molecule has 0 spiro atoms. The Morgan fingerprint density at radius 1 is 1.17 bits per heavy atom. The number of benzene rings is 1. The van der Waals surface area contributed by atoms with E-state index in [2.05, 4.69) is 34.3 Å². The molecule has 0 bridgehead atoms. The van der Waals surface area contributed by atoms with Crippen molar-refractivity contribution in [2.24, 2.45) is 5.92 Å². The van der Waals surface area contributed by atoms with Gasteiger partial charge in [-0.25, -0.2) is 9.07 Å². The van der Waals surface area contributed by atoms with Gasteiger partial charge in [0.2, 0.25) is 5.82 Å². The Kier molecular flexibility index (Phi) is 5.40. The minimum absolute atomic E-state index is 0.184. The number of aromatic nitrogens is 4. The molecule has 1 aromatic heterocycles. The third-order valence-electron chi connectivity index (χ3n) is 4.59. The number of nitrogens with zero attached hydrogens (tertiary/aromatic N) is 5.